The minimum absolute atomic E-state index is 0.00106. The summed E-state index contributed by atoms with van der Waals surface area (Å²) in [7, 11) is 0. The summed E-state index contributed by atoms with van der Waals surface area (Å²) in [5.74, 6) is 0.711. The molecule has 1 saturated heterocycles. The summed E-state index contributed by atoms with van der Waals surface area (Å²) >= 11 is 0. The van der Waals surface area contributed by atoms with Crippen LogP contribution in [0.15, 0.2) is 29.5 Å². The Hall–Kier alpha value is -1.82. The molecule has 3 rings (SSSR count). The number of hydrogen-bond acceptors (Lipinski definition) is 3. The van der Waals surface area contributed by atoms with Crippen molar-refractivity contribution in [1.29, 1.82) is 0 Å². The summed E-state index contributed by atoms with van der Waals surface area (Å²) in [6.07, 6.45) is 7.31. The standard InChI is InChI=1S/C11H15N5O/c17-11-15(9-1-4-12-5-2-9)7-8-16(11)10-3-6-13-14-10/h3,6-9,12H,1-2,4-5H2,(H,13,14). The average Bonchev–Trinajstić information content (AvgIpc) is 2.99. The number of nitrogens with zero attached hydrogens (tertiary/aromatic N) is 3. The van der Waals surface area contributed by atoms with Crippen LogP contribution in [0.5, 0.6) is 0 Å². The van der Waals surface area contributed by atoms with E-state index in [1.807, 2.05) is 10.8 Å². The van der Waals surface area contributed by atoms with Gasteiger partial charge in [0.25, 0.3) is 0 Å². The smallest absolute Gasteiger partial charge is 0.317 e. The Morgan fingerprint density at radius 2 is 2.12 bits per heavy atom. The van der Waals surface area contributed by atoms with Crippen molar-refractivity contribution in [3.8, 4) is 5.82 Å². The van der Waals surface area contributed by atoms with Crippen LogP contribution < -0.4 is 11.0 Å². The first kappa shape index (κ1) is 10.3. The minimum Gasteiger partial charge on any atom is -0.317 e. The molecule has 1 aliphatic heterocycles. The summed E-state index contributed by atoms with van der Waals surface area (Å²) in [6.45, 7) is 1.96. The lowest BCUT2D eigenvalue weighted by molar-refractivity contribution is 0.360. The molecule has 1 aliphatic rings. The molecule has 1 fully saturated rings. The van der Waals surface area contributed by atoms with Gasteiger partial charge < -0.3 is 5.32 Å². The SMILES string of the molecule is O=c1n(-c2ccn[nH]2)ccn1C1CCNCC1. The molecule has 17 heavy (non-hydrogen) atoms. The zero-order valence-electron chi connectivity index (χ0n) is 9.47. The van der Waals surface area contributed by atoms with Gasteiger partial charge in [-0.1, -0.05) is 0 Å². The lowest BCUT2D eigenvalue weighted by atomic mass is 10.1. The van der Waals surface area contributed by atoms with Gasteiger partial charge in [-0.15, -0.1) is 0 Å². The average molecular weight is 233 g/mol. The maximum absolute atomic E-state index is 12.2. The predicted molar refractivity (Wildman–Crippen MR) is 63.3 cm³/mol. The third kappa shape index (κ3) is 1.80. The van der Waals surface area contributed by atoms with Crippen LogP contribution in [-0.2, 0) is 0 Å². The second-order valence-corrected chi connectivity index (χ2v) is 4.28. The van der Waals surface area contributed by atoms with Crippen LogP contribution in [0.25, 0.3) is 5.82 Å². The fourth-order valence-electron chi connectivity index (χ4n) is 2.32. The molecular formula is C11H15N5O. The van der Waals surface area contributed by atoms with Gasteiger partial charge in [0.1, 0.15) is 5.82 Å². The summed E-state index contributed by atoms with van der Waals surface area (Å²) in [4.78, 5) is 12.2. The summed E-state index contributed by atoms with van der Waals surface area (Å²) < 4.78 is 3.41. The maximum Gasteiger partial charge on any atom is 0.334 e. The number of imidazole rings is 1. The van der Waals surface area contributed by atoms with Crippen LogP contribution in [0.3, 0.4) is 0 Å². The number of piperidine rings is 1. The van der Waals surface area contributed by atoms with E-state index in [-0.39, 0.29) is 5.69 Å². The first-order chi connectivity index (χ1) is 8.36. The molecule has 0 aromatic carbocycles. The first-order valence-corrected chi connectivity index (χ1v) is 5.86. The highest BCUT2D eigenvalue weighted by molar-refractivity contribution is 5.18. The van der Waals surface area contributed by atoms with Gasteiger partial charge in [0.2, 0.25) is 0 Å². The monoisotopic (exact) mass is 233 g/mol. The normalized spacial score (nSPS) is 17.4. The lowest BCUT2D eigenvalue weighted by Crippen LogP contribution is -2.34. The maximum atomic E-state index is 12.2. The molecule has 2 aromatic heterocycles. The zero-order chi connectivity index (χ0) is 11.7. The molecule has 6 heteroatoms. The summed E-state index contributed by atoms with van der Waals surface area (Å²) in [5.41, 5.74) is 0.00106. The minimum atomic E-state index is 0.00106. The second-order valence-electron chi connectivity index (χ2n) is 4.28. The number of aromatic amines is 1. The molecule has 2 N–H and O–H groups in total. The molecule has 0 radical (unpaired) electrons. The molecule has 0 unspecified atom stereocenters. The van der Waals surface area contributed by atoms with E-state index in [1.165, 1.54) is 0 Å². The van der Waals surface area contributed by atoms with Gasteiger partial charge >= 0.3 is 5.69 Å². The highest BCUT2D eigenvalue weighted by Gasteiger charge is 2.18. The van der Waals surface area contributed by atoms with Crippen molar-refractivity contribution in [3.05, 3.63) is 35.1 Å². The first-order valence-electron chi connectivity index (χ1n) is 5.86. The molecule has 2 aromatic rings. The molecule has 0 saturated carbocycles. The molecule has 6 nitrogen and oxygen atoms in total. The Bertz CT molecular complexity index is 532. The van der Waals surface area contributed by atoms with Crippen molar-refractivity contribution in [1.82, 2.24) is 24.6 Å². The molecule has 3 heterocycles. The highest BCUT2D eigenvalue weighted by Crippen LogP contribution is 2.16. The lowest BCUT2D eigenvalue weighted by Gasteiger charge is -2.22. The van der Waals surface area contributed by atoms with E-state index in [1.54, 1.807) is 23.0 Å². The van der Waals surface area contributed by atoms with E-state index >= 15 is 0 Å². The Balaban J connectivity index is 1.95. The van der Waals surface area contributed by atoms with Gasteiger partial charge in [0, 0.05) is 24.5 Å². The van der Waals surface area contributed by atoms with Crippen LogP contribution in [-0.4, -0.2) is 32.4 Å². The third-order valence-electron chi connectivity index (χ3n) is 3.25. The Morgan fingerprint density at radius 1 is 1.29 bits per heavy atom. The largest absolute Gasteiger partial charge is 0.334 e. The molecule has 0 amide bonds. The fraction of sp³-hybridized carbons (Fsp3) is 0.455. The zero-order valence-corrected chi connectivity index (χ0v) is 9.47. The summed E-state index contributed by atoms with van der Waals surface area (Å²) in [6, 6.07) is 2.10. The number of hydrogen-bond donors (Lipinski definition) is 2. The van der Waals surface area contributed by atoms with Gasteiger partial charge in [0.05, 0.1) is 6.20 Å². The van der Waals surface area contributed by atoms with E-state index in [0.29, 0.717) is 11.9 Å². The van der Waals surface area contributed by atoms with Gasteiger partial charge in [-0.05, 0) is 25.9 Å². The van der Waals surface area contributed by atoms with E-state index in [0.717, 1.165) is 25.9 Å². The molecule has 0 spiro atoms. The van der Waals surface area contributed by atoms with Crippen molar-refractivity contribution in [2.24, 2.45) is 0 Å². The summed E-state index contributed by atoms with van der Waals surface area (Å²) in [5, 5.41) is 9.96. The molecular weight excluding hydrogens is 218 g/mol. The second kappa shape index (κ2) is 4.21. The molecule has 0 aliphatic carbocycles. The van der Waals surface area contributed by atoms with Crippen molar-refractivity contribution in [2.45, 2.75) is 18.9 Å². The van der Waals surface area contributed by atoms with E-state index in [2.05, 4.69) is 15.5 Å². The Morgan fingerprint density at radius 3 is 2.82 bits per heavy atom. The van der Waals surface area contributed by atoms with Gasteiger partial charge in [-0.25, -0.2) is 4.79 Å². The van der Waals surface area contributed by atoms with Crippen molar-refractivity contribution in [3.63, 3.8) is 0 Å². The predicted octanol–water partition coefficient (Wildman–Crippen LogP) is 0.287. The van der Waals surface area contributed by atoms with Crippen LogP contribution in [0.2, 0.25) is 0 Å². The van der Waals surface area contributed by atoms with E-state index in [4.69, 9.17) is 0 Å². The van der Waals surface area contributed by atoms with Crippen molar-refractivity contribution >= 4 is 0 Å². The van der Waals surface area contributed by atoms with Crippen molar-refractivity contribution in [2.75, 3.05) is 13.1 Å². The number of aromatic nitrogens is 4. The van der Waals surface area contributed by atoms with E-state index in [9.17, 15) is 4.79 Å². The molecule has 0 atom stereocenters. The quantitative estimate of drug-likeness (QED) is 0.783. The van der Waals surface area contributed by atoms with Crippen molar-refractivity contribution < 1.29 is 0 Å². The van der Waals surface area contributed by atoms with Gasteiger partial charge in [0.15, 0.2) is 0 Å². The fourth-order valence-corrected chi connectivity index (χ4v) is 2.32. The van der Waals surface area contributed by atoms with Crippen LogP contribution in [0.4, 0.5) is 0 Å². The number of H-pyrrole nitrogens is 1. The Kier molecular flexibility index (Phi) is 2.56. The third-order valence-corrected chi connectivity index (χ3v) is 3.25. The van der Waals surface area contributed by atoms with Gasteiger partial charge in [-0.3, -0.25) is 14.2 Å². The van der Waals surface area contributed by atoms with Gasteiger partial charge in [-0.2, -0.15) is 5.10 Å². The molecule has 0 bridgehead atoms. The highest BCUT2D eigenvalue weighted by atomic mass is 16.1. The molecule has 90 valence electrons. The topological polar surface area (TPSA) is 67.6 Å². The number of rotatable bonds is 2. The van der Waals surface area contributed by atoms with Crippen LogP contribution >= 0.6 is 0 Å². The number of nitrogens with one attached hydrogen (secondary N) is 2. The van der Waals surface area contributed by atoms with Crippen LogP contribution in [0.1, 0.15) is 18.9 Å². The Labute approximate surface area is 98.3 Å². The van der Waals surface area contributed by atoms with Crippen LogP contribution in [0, 0.1) is 0 Å². The van der Waals surface area contributed by atoms with E-state index < -0.39 is 0 Å².